The number of hydrogen-bond acceptors (Lipinski definition) is 4. The Bertz CT molecular complexity index is 677. The molecule has 2 aromatic rings. The number of anilines is 1. The van der Waals surface area contributed by atoms with Crippen LogP contribution in [0, 0.1) is 24.0 Å². The second-order valence-corrected chi connectivity index (χ2v) is 5.04. The molecule has 104 valence electrons. The molecule has 8 heteroatoms. The number of nitro benzene ring substituents is 1. The maximum Gasteiger partial charge on any atom is 0.284 e. The lowest BCUT2D eigenvalue weighted by Gasteiger charge is -2.05. The molecule has 2 rings (SSSR count). The summed E-state index contributed by atoms with van der Waals surface area (Å²) >= 11 is 3.08. The van der Waals surface area contributed by atoms with Crippen LogP contribution in [0.4, 0.5) is 11.4 Å². The fourth-order valence-corrected chi connectivity index (χ4v) is 2.11. The third-order valence-corrected chi connectivity index (χ3v) is 3.44. The van der Waals surface area contributed by atoms with Crippen LogP contribution in [0.5, 0.6) is 0 Å². The molecule has 1 amide bonds. The first kappa shape index (κ1) is 14.2. The standard InChI is InChI=1S/C12H11BrN4O3/c1-6-11(7(2)16-15-6)14-12(18)8-3-4-9(13)10(5-8)17(19)20/h3-5H,1-2H3,(H,14,18)(H,15,16). The topological polar surface area (TPSA) is 101 Å². The lowest BCUT2D eigenvalue weighted by atomic mass is 10.2. The minimum absolute atomic E-state index is 0.154. The minimum atomic E-state index is -0.546. The second kappa shape index (κ2) is 5.41. The number of H-pyrrole nitrogens is 1. The predicted octanol–water partition coefficient (Wildman–Crippen LogP) is 2.95. The Morgan fingerprint density at radius 3 is 2.70 bits per heavy atom. The van der Waals surface area contributed by atoms with E-state index in [0.717, 1.165) is 5.69 Å². The highest BCUT2D eigenvalue weighted by Crippen LogP contribution is 2.26. The van der Waals surface area contributed by atoms with E-state index in [2.05, 4.69) is 31.4 Å². The van der Waals surface area contributed by atoms with Gasteiger partial charge in [-0.05, 0) is 41.9 Å². The van der Waals surface area contributed by atoms with Crippen LogP contribution in [0.25, 0.3) is 0 Å². The molecule has 0 aliphatic carbocycles. The lowest BCUT2D eigenvalue weighted by molar-refractivity contribution is -0.385. The molecule has 0 unspecified atom stereocenters. The average molecular weight is 339 g/mol. The molecule has 7 nitrogen and oxygen atoms in total. The first-order valence-corrected chi connectivity index (χ1v) is 6.46. The van der Waals surface area contributed by atoms with Crippen LogP contribution < -0.4 is 5.32 Å². The average Bonchev–Trinajstić information content (AvgIpc) is 2.70. The van der Waals surface area contributed by atoms with Crippen molar-refractivity contribution in [3.63, 3.8) is 0 Å². The summed E-state index contributed by atoms with van der Waals surface area (Å²) in [5, 5.41) is 20.3. The largest absolute Gasteiger partial charge is 0.319 e. The molecule has 0 bridgehead atoms. The molecule has 0 aliphatic rings. The Hall–Kier alpha value is -2.22. The Morgan fingerprint density at radius 2 is 2.15 bits per heavy atom. The number of carbonyl (C=O) groups excluding carboxylic acids is 1. The van der Waals surface area contributed by atoms with Crippen molar-refractivity contribution in [2.45, 2.75) is 13.8 Å². The van der Waals surface area contributed by atoms with E-state index >= 15 is 0 Å². The normalized spacial score (nSPS) is 10.3. The highest BCUT2D eigenvalue weighted by Gasteiger charge is 2.17. The first-order valence-electron chi connectivity index (χ1n) is 5.67. The van der Waals surface area contributed by atoms with E-state index in [9.17, 15) is 14.9 Å². The van der Waals surface area contributed by atoms with Crippen LogP contribution in [0.3, 0.4) is 0 Å². The van der Waals surface area contributed by atoms with E-state index in [0.29, 0.717) is 15.9 Å². The fraction of sp³-hybridized carbons (Fsp3) is 0.167. The summed E-state index contributed by atoms with van der Waals surface area (Å²) in [5.41, 5.74) is 2.02. The van der Waals surface area contributed by atoms with Gasteiger partial charge < -0.3 is 5.32 Å². The molecule has 0 spiro atoms. The van der Waals surface area contributed by atoms with Gasteiger partial charge in [-0.15, -0.1) is 0 Å². The van der Waals surface area contributed by atoms with E-state index in [1.807, 2.05) is 0 Å². The SMILES string of the molecule is Cc1n[nH]c(C)c1NC(=O)c1ccc(Br)c([N+](=O)[O-])c1. The number of hydrogen-bond donors (Lipinski definition) is 2. The Balaban J connectivity index is 2.30. The summed E-state index contributed by atoms with van der Waals surface area (Å²) in [6.07, 6.45) is 0. The van der Waals surface area contributed by atoms with Crippen molar-refractivity contribution in [3.05, 3.63) is 49.7 Å². The molecular formula is C12H11BrN4O3. The van der Waals surface area contributed by atoms with Crippen molar-refractivity contribution < 1.29 is 9.72 Å². The molecule has 1 aromatic carbocycles. The number of carbonyl (C=O) groups is 1. The number of amides is 1. The number of nitro groups is 1. The predicted molar refractivity (Wildman–Crippen MR) is 76.8 cm³/mol. The van der Waals surface area contributed by atoms with Gasteiger partial charge in [0.2, 0.25) is 0 Å². The molecule has 0 saturated carbocycles. The van der Waals surface area contributed by atoms with Gasteiger partial charge in [0.1, 0.15) is 0 Å². The Kier molecular flexibility index (Phi) is 3.84. The van der Waals surface area contributed by atoms with Gasteiger partial charge in [-0.2, -0.15) is 5.10 Å². The summed E-state index contributed by atoms with van der Waals surface area (Å²) < 4.78 is 0.328. The molecule has 0 radical (unpaired) electrons. The van der Waals surface area contributed by atoms with Gasteiger partial charge in [-0.25, -0.2) is 0 Å². The Labute approximate surface area is 122 Å². The van der Waals surface area contributed by atoms with E-state index in [1.54, 1.807) is 13.8 Å². The quantitative estimate of drug-likeness (QED) is 0.663. The van der Waals surface area contributed by atoms with E-state index < -0.39 is 10.8 Å². The second-order valence-electron chi connectivity index (χ2n) is 4.19. The summed E-state index contributed by atoms with van der Waals surface area (Å²) in [5.74, 6) is -0.423. The van der Waals surface area contributed by atoms with E-state index in [-0.39, 0.29) is 11.3 Å². The molecule has 1 aromatic heterocycles. The number of aromatic nitrogens is 2. The molecule has 0 fully saturated rings. The van der Waals surface area contributed by atoms with E-state index in [1.165, 1.54) is 18.2 Å². The number of nitrogens with one attached hydrogen (secondary N) is 2. The minimum Gasteiger partial charge on any atom is -0.319 e. The van der Waals surface area contributed by atoms with Gasteiger partial charge in [0.25, 0.3) is 11.6 Å². The summed E-state index contributed by atoms with van der Waals surface area (Å²) in [6.45, 7) is 3.53. The van der Waals surface area contributed by atoms with Crippen molar-refractivity contribution in [1.82, 2.24) is 10.2 Å². The first-order chi connectivity index (χ1) is 9.40. The third kappa shape index (κ3) is 2.69. The fourth-order valence-electron chi connectivity index (χ4n) is 1.71. The van der Waals surface area contributed by atoms with Gasteiger partial charge in [-0.3, -0.25) is 20.0 Å². The van der Waals surface area contributed by atoms with Gasteiger partial charge in [0.15, 0.2) is 0 Å². The molecule has 0 saturated heterocycles. The van der Waals surface area contributed by atoms with E-state index in [4.69, 9.17) is 0 Å². The lowest BCUT2D eigenvalue weighted by Crippen LogP contribution is -2.13. The van der Waals surface area contributed by atoms with Crippen LogP contribution in [0.1, 0.15) is 21.7 Å². The van der Waals surface area contributed by atoms with Crippen LogP contribution in [0.15, 0.2) is 22.7 Å². The molecule has 0 atom stereocenters. The Morgan fingerprint density at radius 1 is 1.45 bits per heavy atom. The highest BCUT2D eigenvalue weighted by molar-refractivity contribution is 9.10. The summed E-state index contributed by atoms with van der Waals surface area (Å²) in [4.78, 5) is 22.4. The van der Waals surface area contributed by atoms with Crippen molar-refractivity contribution in [2.24, 2.45) is 0 Å². The molecule has 0 aliphatic heterocycles. The van der Waals surface area contributed by atoms with Crippen molar-refractivity contribution in [2.75, 3.05) is 5.32 Å². The monoisotopic (exact) mass is 338 g/mol. The number of halogens is 1. The molecule has 1 heterocycles. The van der Waals surface area contributed by atoms with Crippen molar-refractivity contribution in [3.8, 4) is 0 Å². The molecule has 20 heavy (non-hydrogen) atoms. The zero-order valence-electron chi connectivity index (χ0n) is 10.7. The van der Waals surface area contributed by atoms with Crippen LogP contribution in [-0.4, -0.2) is 21.0 Å². The molecule has 2 N–H and O–H groups in total. The van der Waals surface area contributed by atoms with Crippen molar-refractivity contribution in [1.29, 1.82) is 0 Å². The number of nitrogens with zero attached hydrogens (tertiary/aromatic N) is 2. The maximum absolute atomic E-state index is 12.1. The number of aryl methyl sites for hydroxylation is 2. The van der Waals surface area contributed by atoms with Crippen molar-refractivity contribution >= 4 is 33.2 Å². The number of rotatable bonds is 3. The maximum atomic E-state index is 12.1. The van der Waals surface area contributed by atoms with Crippen LogP contribution in [-0.2, 0) is 0 Å². The highest BCUT2D eigenvalue weighted by atomic mass is 79.9. The molecular weight excluding hydrogens is 328 g/mol. The number of aromatic amines is 1. The zero-order valence-corrected chi connectivity index (χ0v) is 12.3. The third-order valence-electron chi connectivity index (χ3n) is 2.77. The summed E-state index contributed by atoms with van der Waals surface area (Å²) in [6, 6.07) is 4.21. The van der Waals surface area contributed by atoms with Gasteiger partial charge in [0, 0.05) is 11.6 Å². The summed E-state index contributed by atoms with van der Waals surface area (Å²) in [7, 11) is 0. The van der Waals surface area contributed by atoms with Gasteiger partial charge in [-0.1, -0.05) is 0 Å². The van der Waals surface area contributed by atoms with Crippen LogP contribution in [0.2, 0.25) is 0 Å². The smallest absolute Gasteiger partial charge is 0.284 e. The van der Waals surface area contributed by atoms with Gasteiger partial charge >= 0.3 is 0 Å². The van der Waals surface area contributed by atoms with Gasteiger partial charge in [0.05, 0.1) is 26.5 Å². The van der Waals surface area contributed by atoms with Crippen LogP contribution >= 0.6 is 15.9 Å². The number of benzene rings is 1. The zero-order chi connectivity index (χ0) is 14.9.